The minimum Gasteiger partial charge on any atom is -0.399 e. The van der Waals surface area contributed by atoms with Crippen LogP contribution in [0.25, 0.3) is 11.5 Å². The van der Waals surface area contributed by atoms with Gasteiger partial charge in [-0.1, -0.05) is 11.6 Å². The lowest BCUT2D eigenvalue weighted by Crippen LogP contribution is -2.10. The number of aromatic nitrogens is 2. The summed E-state index contributed by atoms with van der Waals surface area (Å²) in [5.41, 5.74) is 6.88. The molecule has 2 rings (SSSR count). The molecular formula is C10H11ClN4O. The number of nitrogens with two attached hydrogens (primary N) is 1. The van der Waals surface area contributed by atoms with Crippen molar-refractivity contribution in [3.63, 3.8) is 0 Å². The van der Waals surface area contributed by atoms with Gasteiger partial charge >= 0.3 is 0 Å². The standard InChI is InChI=1S/C10H11ClN4O/c1-15(2)10-13-9(16-14-10)7-4-3-6(12)5-8(7)11/h3-5H,12H2,1-2H3. The first-order valence-electron chi connectivity index (χ1n) is 4.64. The average molecular weight is 239 g/mol. The van der Waals surface area contributed by atoms with Crippen molar-refractivity contribution in [2.75, 3.05) is 24.7 Å². The van der Waals surface area contributed by atoms with Crippen LogP contribution in [0.1, 0.15) is 0 Å². The molecule has 2 N–H and O–H groups in total. The van der Waals surface area contributed by atoms with E-state index in [1.54, 1.807) is 23.1 Å². The smallest absolute Gasteiger partial charge is 0.265 e. The highest BCUT2D eigenvalue weighted by Gasteiger charge is 2.12. The quantitative estimate of drug-likeness (QED) is 0.811. The van der Waals surface area contributed by atoms with Crippen molar-refractivity contribution in [3.05, 3.63) is 23.2 Å². The Hall–Kier alpha value is -1.75. The van der Waals surface area contributed by atoms with Crippen LogP contribution in [-0.4, -0.2) is 24.2 Å². The molecule has 16 heavy (non-hydrogen) atoms. The first kappa shape index (κ1) is 10.8. The maximum atomic E-state index is 6.03. The van der Waals surface area contributed by atoms with Crippen molar-refractivity contribution in [2.45, 2.75) is 0 Å². The number of anilines is 2. The Balaban J connectivity index is 2.42. The molecule has 0 saturated carbocycles. The molecule has 0 aliphatic carbocycles. The maximum Gasteiger partial charge on any atom is 0.265 e. The fraction of sp³-hybridized carbons (Fsp3) is 0.200. The van der Waals surface area contributed by atoms with Crippen LogP contribution >= 0.6 is 11.6 Å². The molecule has 1 aromatic heterocycles. The Bertz CT molecular complexity index is 509. The Morgan fingerprint density at radius 2 is 2.12 bits per heavy atom. The second-order valence-electron chi connectivity index (χ2n) is 3.53. The van der Waals surface area contributed by atoms with Crippen molar-refractivity contribution < 1.29 is 4.52 Å². The molecule has 0 saturated heterocycles. The van der Waals surface area contributed by atoms with E-state index in [1.807, 2.05) is 14.1 Å². The first-order chi connectivity index (χ1) is 7.58. The topological polar surface area (TPSA) is 68.2 Å². The van der Waals surface area contributed by atoms with E-state index in [-0.39, 0.29) is 0 Å². The van der Waals surface area contributed by atoms with Crippen molar-refractivity contribution >= 4 is 23.2 Å². The summed E-state index contributed by atoms with van der Waals surface area (Å²) >= 11 is 6.03. The van der Waals surface area contributed by atoms with Crippen molar-refractivity contribution in [3.8, 4) is 11.5 Å². The molecular weight excluding hydrogens is 228 g/mol. The van der Waals surface area contributed by atoms with Gasteiger partial charge in [0.1, 0.15) is 0 Å². The van der Waals surface area contributed by atoms with E-state index < -0.39 is 0 Å². The van der Waals surface area contributed by atoms with E-state index in [0.29, 0.717) is 28.1 Å². The van der Waals surface area contributed by atoms with Gasteiger partial charge in [0.25, 0.3) is 11.8 Å². The van der Waals surface area contributed by atoms with Crippen LogP contribution < -0.4 is 10.6 Å². The molecule has 1 aromatic carbocycles. The molecule has 0 atom stereocenters. The molecule has 0 radical (unpaired) electrons. The zero-order valence-electron chi connectivity index (χ0n) is 8.94. The van der Waals surface area contributed by atoms with Gasteiger partial charge in [0.05, 0.1) is 10.6 Å². The van der Waals surface area contributed by atoms with Crippen LogP contribution in [0.4, 0.5) is 11.6 Å². The van der Waals surface area contributed by atoms with Crippen LogP contribution in [0.3, 0.4) is 0 Å². The normalized spacial score (nSPS) is 10.4. The van der Waals surface area contributed by atoms with Gasteiger partial charge in [-0.25, -0.2) is 0 Å². The third-order valence-corrected chi connectivity index (χ3v) is 2.35. The highest BCUT2D eigenvalue weighted by molar-refractivity contribution is 6.33. The first-order valence-corrected chi connectivity index (χ1v) is 5.02. The van der Waals surface area contributed by atoms with Gasteiger partial charge < -0.3 is 15.2 Å². The molecule has 0 fully saturated rings. The van der Waals surface area contributed by atoms with Gasteiger partial charge in [-0.3, -0.25) is 0 Å². The van der Waals surface area contributed by atoms with Crippen molar-refractivity contribution in [1.82, 2.24) is 10.1 Å². The predicted molar refractivity (Wildman–Crippen MR) is 63.5 cm³/mol. The maximum absolute atomic E-state index is 6.03. The lowest BCUT2D eigenvalue weighted by atomic mass is 10.2. The number of nitrogens with zero attached hydrogens (tertiary/aromatic N) is 3. The van der Waals surface area contributed by atoms with Gasteiger partial charge in [-0.15, -0.1) is 0 Å². The summed E-state index contributed by atoms with van der Waals surface area (Å²) in [5.74, 6) is 0.886. The van der Waals surface area contributed by atoms with E-state index in [4.69, 9.17) is 21.9 Å². The molecule has 0 spiro atoms. The van der Waals surface area contributed by atoms with Gasteiger partial charge in [0, 0.05) is 19.8 Å². The highest BCUT2D eigenvalue weighted by Crippen LogP contribution is 2.29. The van der Waals surface area contributed by atoms with Crippen LogP contribution in [0.15, 0.2) is 22.7 Å². The third-order valence-electron chi connectivity index (χ3n) is 2.04. The lowest BCUT2D eigenvalue weighted by molar-refractivity contribution is 0.431. The van der Waals surface area contributed by atoms with Crippen LogP contribution in [-0.2, 0) is 0 Å². The van der Waals surface area contributed by atoms with E-state index in [0.717, 1.165) is 0 Å². The van der Waals surface area contributed by atoms with Crippen molar-refractivity contribution in [2.24, 2.45) is 0 Å². The third kappa shape index (κ3) is 1.94. The van der Waals surface area contributed by atoms with E-state index in [9.17, 15) is 0 Å². The average Bonchev–Trinajstić information content (AvgIpc) is 2.66. The minimum absolute atomic E-state index is 0.383. The summed E-state index contributed by atoms with van der Waals surface area (Å²) in [5, 5.41) is 4.30. The number of benzene rings is 1. The van der Waals surface area contributed by atoms with Gasteiger partial charge in [-0.2, -0.15) is 4.98 Å². The Morgan fingerprint density at radius 3 is 2.69 bits per heavy atom. The second kappa shape index (κ2) is 4.02. The predicted octanol–water partition coefficient (Wildman–Crippen LogP) is 2.04. The molecule has 0 unspecified atom stereocenters. The summed E-state index contributed by atoms with van der Waals surface area (Å²) in [4.78, 5) is 5.94. The fourth-order valence-electron chi connectivity index (χ4n) is 1.21. The Morgan fingerprint density at radius 1 is 1.38 bits per heavy atom. The SMILES string of the molecule is CN(C)c1noc(-c2ccc(N)cc2Cl)n1. The largest absolute Gasteiger partial charge is 0.399 e. The second-order valence-corrected chi connectivity index (χ2v) is 3.94. The summed E-state index contributed by atoms with van der Waals surface area (Å²) in [6.45, 7) is 0. The fourth-order valence-corrected chi connectivity index (χ4v) is 1.48. The summed E-state index contributed by atoms with van der Waals surface area (Å²) in [7, 11) is 3.67. The van der Waals surface area contributed by atoms with E-state index in [2.05, 4.69) is 10.1 Å². The Labute approximate surface area is 97.8 Å². The van der Waals surface area contributed by atoms with E-state index >= 15 is 0 Å². The highest BCUT2D eigenvalue weighted by atomic mass is 35.5. The zero-order chi connectivity index (χ0) is 11.7. The van der Waals surface area contributed by atoms with Crippen LogP contribution in [0, 0.1) is 0 Å². The van der Waals surface area contributed by atoms with Gasteiger partial charge in [-0.05, 0) is 23.4 Å². The number of nitrogen functional groups attached to an aromatic ring is 1. The zero-order valence-corrected chi connectivity index (χ0v) is 9.69. The molecule has 84 valence electrons. The molecule has 0 aliphatic rings. The Kier molecular flexibility index (Phi) is 2.70. The lowest BCUT2D eigenvalue weighted by Gasteiger charge is -2.02. The van der Waals surface area contributed by atoms with Gasteiger partial charge in [0.2, 0.25) is 0 Å². The monoisotopic (exact) mass is 238 g/mol. The van der Waals surface area contributed by atoms with Gasteiger partial charge in [0.15, 0.2) is 0 Å². The molecule has 0 bridgehead atoms. The summed E-state index contributed by atoms with van der Waals surface area (Å²) in [6, 6.07) is 5.14. The molecule has 5 nitrogen and oxygen atoms in total. The molecule has 0 aliphatic heterocycles. The summed E-state index contributed by atoms with van der Waals surface area (Å²) < 4.78 is 5.10. The number of halogens is 1. The summed E-state index contributed by atoms with van der Waals surface area (Å²) in [6.07, 6.45) is 0. The number of hydrogen-bond acceptors (Lipinski definition) is 5. The van der Waals surface area contributed by atoms with E-state index in [1.165, 1.54) is 0 Å². The minimum atomic E-state index is 0.383. The molecule has 2 aromatic rings. The van der Waals surface area contributed by atoms with Crippen LogP contribution in [0.5, 0.6) is 0 Å². The number of rotatable bonds is 2. The molecule has 6 heteroatoms. The van der Waals surface area contributed by atoms with Crippen molar-refractivity contribution in [1.29, 1.82) is 0 Å². The van der Waals surface area contributed by atoms with Crippen LogP contribution in [0.2, 0.25) is 5.02 Å². The molecule has 0 amide bonds. The number of hydrogen-bond donors (Lipinski definition) is 1. The molecule has 1 heterocycles.